The number of hydrogen-bond acceptors (Lipinski definition) is 2. The average Bonchev–Trinajstić information content (AvgIpc) is 2.26. The minimum Gasteiger partial charge on any atom is -0.340 e. The molecule has 16 heavy (non-hydrogen) atoms. The fourth-order valence-electron chi connectivity index (χ4n) is 3.17. The first-order valence-corrected chi connectivity index (χ1v) is 7.89. The lowest BCUT2D eigenvalue weighted by Gasteiger charge is -2.55. The zero-order valence-corrected chi connectivity index (χ0v) is 11.8. The maximum absolute atomic E-state index is 6.21. The summed E-state index contributed by atoms with van der Waals surface area (Å²) in [6.07, 6.45) is 6.31. The van der Waals surface area contributed by atoms with Crippen LogP contribution in [0.4, 0.5) is 0 Å². The van der Waals surface area contributed by atoms with Gasteiger partial charge in [0.15, 0.2) is 0 Å². The van der Waals surface area contributed by atoms with Crippen molar-refractivity contribution in [2.75, 3.05) is 13.7 Å². The molecule has 4 atom stereocenters. The Balaban J connectivity index is 2.17. The molecule has 2 rings (SSSR count). The second-order valence-corrected chi connectivity index (χ2v) is 7.44. The van der Waals surface area contributed by atoms with Crippen LogP contribution < -0.4 is 0 Å². The molecule has 0 bridgehead atoms. The van der Waals surface area contributed by atoms with Crippen molar-refractivity contribution in [1.29, 1.82) is 0 Å². The highest BCUT2D eigenvalue weighted by Gasteiger charge is 2.48. The predicted molar refractivity (Wildman–Crippen MR) is 70.6 cm³/mol. The van der Waals surface area contributed by atoms with Crippen molar-refractivity contribution >= 4 is 8.30 Å². The Labute approximate surface area is 101 Å². The van der Waals surface area contributed by atoms with E-state index in [1.807, 2.05) is 0 Å². The summed E-state index contributed by atoms with van der Waals surface area (Å²) in [4.78, 5) is 0. The summed E-state index contributed by atoms with van der Waals surface area (Å²) in [6, 6.07) is 0. The van der Waals surface area contributed by atoms with Crippen LogP contribution in [-0.2, 0) is 4.52 Å². The number of fused-ring (bicyclic) bond motifs is 1. The molecule has 0 spiro atoms. The maximum Gasteiger partial charge on any atom is 0.101 e. The van der Waals surface area contributed by atoms with Gasteiger partial charge in [0, 0.05) is 11.5 Å². The molecule has 1 saturated carbocycles. The van der Waals surface area contributed by atoms with Gasteiger partial charge in [0.25, 0.3) is 0 Å². The minimum absolute atomic E-state index is 0.287. The van der Waals surface area contributed by atoms with Crippen LogP contribution in [0.2, 0.25) is 0 Å². The average molecular weight is 241 g/mol. The largest absolute Gasteiger partial charge is 0.340 e. The number of nitrogens with zero attached hydrogens (tertiary/aromatic N) is 1. The van der Waals surface area contributed by atoms with Crippen molar-refractivity contribution in [3.05, 3.63) is 12.7 Å². The molecule has 0 amide bonds. The van der Waals surface area contributed by atoms with Crippen molar-refractivity contribution in [3.8, 4) is 0 Å². The molecule has 2 nitrogen and oxygen atoms in total. The Hall–Kier alpha value is 0.0900. The highest BCUT2D eigenvalue weighted by atomic mass is 31.2. The Morgan fingerprint density at radius 1 is 1.44 bits per heavy atom. The van der Waals surface area contributed by atoms with Gasteiger partial charge in [-0.1, -0.05) is 6.08 Å². The summed E-state index contributed by atoms with van der Waals surface area (Å²) < 4.78 is 8.66. The Bertz CT molecular complexity index is 279. The molecule has 2 fully saturated rings. The molecule has 1 heterocycles. The Morgan fingerprint density at radius 2 is 2.12 bits per heavy atom. The van der Waals surface area contributed by atoms with Crippen LogP contribution in [-0.4, -0.2) is 30.0 Å². The fourth-order valence-corrected chi connectivity index (χ4v) is 4.81. The van der Waals surface area contributed by atoms with Gasteiger partial charge in [0.1, 0.15) is 8.30 Å². The first-order chi connectivity index (χ1) is 7.46. The number of hydrogen-bond donors (Lipinski definition) is 0. The SMILES string of the molecule is C=CC1CCC2C(C1)OP(C)N(C)C2(C)C. The molecule has 0 N–H and O–H groups in total. The molecular weight excluding hydrogens is 217 g/mol. The summed E-state index contributed by atoms with van der Waals surface area (Å²) >= 11 is 0. The lowest BCUT2D eigenvalue weighted by molar-refractivity contribution is -0.0245. The molecule has 0 aromatic heterocycles. The van der Waals surface area contributed by atoms with E-state index in [9.17, 15) is 0 Å². The van der Waals surface area contributed by atoms with Crippen LogP contribution in [0.3, 0.4) is 0 Å². The summed E-state index contributed by atoms with van der Waals surface area (Å²) in [5.41, 5.74) is 0.287. The third-order valence-corrected chi connectivity index (χ3v) is 6.55. The van der Waals surface area contributed by atoms with E-state index in [4.69, 9.17) is 4.52 Å². The van der Waals surface area contributed by atoms with Crippen LogP contribution in [0.5, 0.6) is 0 Å². The summed E-state index contributed by atoms with van der Waals surface area (Å²) in [5, 5.41) is 0. The number of rotatable bonds is 1. The minimum atomic E-state index is -0.409. The van der Waals surface area contributed by atoms with E-state index in [-0.39, 0.29) is 5.54 Å². The molecule has 92 valence electrons. The monoisotopic (exact) mass is 241 g/mol. The van der Waals surface area contributed by atoms with E-state index >= 15 is 0 Å². The predicted octanol–water partition coefficient (Wildman–Crippen LogP) is 3.64. The molecule has 1 saturated heterocycles. The summed E-state index contributed by atoms with van der Waals surface area (Å²) in [7, 11) is 1.80. The van der Waals surface area contributed by atoms with Crippen molar-refractivity contribution in [1.82, 2.24) is 4.67 Å². The lowest BCUT2D eigenvalue weighted by atomic mass is 9.71. The third kappa shape index (κ3) is 1.96. The Morgan fingerprint density at radius 3 is 2.75 bits per heavy atom. The van der Waals surface area contributed by atoms with Crippen LogP contribution in [0, 0.1) is 11.8 Å². The van der Waals surface area contributed by atoms with Gasteiger partial charge in [-0.05, 0) is 52.7 Å². The first kappa shape index (κ1) is 12.5. The smallest absolute Gasteiger partial charge is 0.101 e. The van der Waals surface area contributed by atoms with Gasteiger partial charge >= 0.3 is 0 Å². The second-order valence-electron chi connectivity index (χ2n) is 5.70. The van der Waals surface area contributed by atoms with Gasteiger partial charge in [-0.25, -0.2) is 0 Å². The molecule has 1 aliphatic heterocycles. The van der Waals surface area contributed by atoms with E-state index < -0.39 is 8.30 Å². The highest BCUT2D eigenvalue weighted by molar-refractivity contribution is 7.49. The van der Waals surface area contributed by atoms with Gasteiger partial charge in [0.2, 0.25) is 0 Å². The van der Waals surface area contributed by atoms with Gasteiger partial charge in [-0.3, -0.25) is 4.67 Å². The van der Waals surface area contributed by atoms with Crippen molar-refractivity contribution in [2.24, 2.45) is 11.8 Å². The van der Waals surface area contributed by atoms with Gasteiger partial charge in [-0.15, -0.1) is 6.58 Å². The number of allylic oxidation sites excluding steroid dienone is 1. The van der Waals surface area contributed by atoms with Gasteiger partial charge in [0.05, 0.1) is 6.10 Å². The van der Waals surface area contributed by atoms with Crippen LogP contribution in [0.15, 0.2) is 12.7 Å². The fraction of sp³-hybridized carbons (Fsp3) is 0.846. The molecule has 0 aromatic carbocycles. The zero-order valence-electron chi connectivity index (χ0n) is 10.9. The topological polar surface area (TPSA) is 12.5 Å². The Kier molecular flexibility index (Phi) is 3.45. The van der Waals surface area contributed by atoms with E-state index in [1.54, 1.807) is 0 Å². The van der Waals surface area contributed by atoms with E-state index in [0.717, 1.165) is 0 Å². The maximum atomic E-state index is 6.21. The highest BCUT2D eigenvalue weighted by Crippen LogP contribution is 2.55. The molecule has 0 radical (unpaired) electrons. The van der Waals surface area contributed by atoms with Crippen LogP contribution in [0.25, 0.3) is 0 Å². The quantitative estimate of drug-likeness (QED) is 0.513. The van der Waals surface area contributed by atoms with E-state index in [2.05, 4.69) is 44.9 Å². The zero-order chi connectivity index (χ0) is 11.9. The third-order valence-electron chi connectivity index (χ3n) is 4.62. The standard InChI is InChI=1S/C13H24NOP/c1-6-10-7-8-11-12(9-10)15-16(5)14(4)13(11,2)3/h6,10-12H,1,7-9H2,2-5H3. The van der Waals surface area contributed by atoms with Gasteiger partial charge < -0.3 is 4.52 Å². The molecule has 1 aliphatic carbocycles. The molecule has 2 aliphatic rings. The van der Waals surface area contributed by atoms with Crippen LogP contribution >= 0.6 is 8.30 Å². The normalized spacial score (nSPS) is 43.8. The summed E-state index contributed by atoms with van der Waals surface area (Å²) in [6.45, 7) is 10.9. The van der Waals surface area contributed by atoms with E-state index in [1.165, 1.54) is 19.3 Å². The van der Waals surface area contributed by atoms with Crippen molar-refractivity contribution < 1.29 is 4.52 Å². The van der Waals surface area contributed by atoms with E-state index in [0.29, 0.717) is 17.9 Å². The molecule has 4 unspecified atom stereocenters. The summed E-state index contributed by atoms with van der Waals surface area (Å²) in [5.74, 6) is 1.36. The molecular formula is C13H24NOP. The first-order valence-electron chi connectivity index (χ1n) is 6.23. The van der Waals surface area contributed by atoms with Crippen LogP contribution in [0.1, 0.15) is 33.1 Å². The second kappa shape index (κ2) is 4.40. The van der Waals surface area contributed by atoms with Crippen molar-refractivity contribution in [3.63, 3.8) is 0 Å². The van der Waals surface area contributed by atoms with Gasteiger partial charge in [-0.2, -0.15) is 0 Å². The molecule has 0 aromatic rings. The lowest BCUT2D eigenvalue weighted by Crippen LogP contribution is -2.55. The van der Waals surface area contributed by atoms with Crippen molar-refractivity contribution in [2.45, 2.75) is 44.8 Å². The molecule has 3 heteroatoms.